The smallest absolute Gasteiger partial charge is 0.240 e. The van der Waals surface area contributed by atoms with E-state index in [4.69, 9.17) is 11.6 Å². The highest BCUT2D eigenvalue weighted by molar-refractivity contribution is 6.35. The monoisotopic (exact) mass is 353 g/mol. The Hall–Kier alpha value is -2.86. The minimum atomic E-state index is -0.254. The number of nitrogens with one attached hydrogen (secondary N) is 1. The summed E-state index contributed by atoms with van der Waals surface area (Å²) >= 11 is 6.18. The lowest BCUT2D eigenvalue weighted by Crippen LogP contribution is -2.30. The highest BCUT2D eigenvalue weighted by Gasteiger charge is 2.16. The van der Waals surface area contributed by atoms with Crippen LogP contribution in [0.15, 0.2) is 54.9 Å². The van der Waals surface area contributed by atoms with Crippen molar-refractivity contribution < 1.29 is 4.79 Å². The van der Waals surface area contributed by atoms with Gasteiger partial charge in [-0.05, 0) is 37.3 Å². The third-order valence-corrected chi connectivity index (χ3v) is 4.51. The Morgan fingerprint density at radius 2 is 2.04 bits per heavy atom. The van der Waals surface area contributed by atoms with Gasteiger partial charge >= 0.3 is 0 Å². The van der Waals surface area contributed by atoms with Crippen LogP contribution in [0.2, 0.25) is 5.02 Å². The summed E-state index contributed by atoms with van der Waals surface area (Å²) in [5.74, 6) is 0.599. The molecule has 0 fully saturated rings. The van der Waals surface area contributed by atoms with Gasteiger partial charge in [-0.25, -0.2) is 0 Å². The zero-order valence-corrected chi connectivity index (χ0v) is 14.3. The Balaban J connectivity index is 1.52. The summed E-state index contributed by atoms with van der Waals surface area (Å²) in [7, 11) is 0. The van der Waals surface area contributed by atoms with E-state index in [1.165, 1.54) is 0 Å². The number of benzene rings is 1. The van der Waals surface area contributed by atoms with Crippen molar-refractivity contribution in [3.8, 4) is 0 Å². The van der Waals surface area contributed by atoms with E-state index in [2.05, 4.69) is 15.5 Å². The maximum absolute atomic E-state index is 12.5. The van der Waals surface area contributed by atoms with E-state index < -0.39 is 0 Å². The molecule has 1 atom stereocenters. The first-order valence-electron chi connectivity index (χ1n) is 7.96. The van der Waals surface area contributed by atoms with Crippen molar-refractivity contribution in [1.29, 1.82) is 0 Å². The van der Waals surface area contributed by atoms with Crippen LogP contribution in [0.4, 0.5) is 0 Å². The molecule has 126 valence electrons. The van der Waals surface area contributed by atoms with Crippen LogP contribution in [0.3, 0.4) is 0 Å². The van der Waals surface area contributed by atoms with Crippen LogP contribution in [-0.2, 0) is 11.3 Å². The van der Waals surface area contributed by atoms with Crippen LogP contribution in [0, 0.1) is 0 Å². The topological polar surface area (TPSA) is 64.2 Å². The van der Waals surface area contributed by atoms with Gasteiger partial charge in [0.25, 0.3) is 0 Å². The summed E-state index contributed by atoms with van der Waals surface area (Å²) in [5.41, 5.74) is 1.69. The molecule has 3 heterocycles. The zero-order valence-electron chi connectivity index (χ0n) is 13.6. The molecule has 0 spiro atoms. The van der Waals surface area contributed by atoms with Gasteiger partial charge in [-0.15, -0.1) is 10.2 Å². The van der Waals surface area contributed by atoms with Crippen LogP contribution in [0.5, 0.6) is 0 Å². The van der Waals surface area contributed by atoms with E-state index in [9.17, 15) is 4.79 Å². The molecular weight excluding hydrogens is 338 g/mol. The number of carbonyl (C=O) groups excluding carboxylic acids is 1. The average molecular weight is 354 g/mol. The number of amides is 1. The second-order valence-electron chi connectivity index (χ2n) is 5.89. The lowest BCUT2D eigenvalue weighted by molar-refractivity contribution is -0.122. The molecule has 0 aliphatic rings. The quantitative estimate of drug-likeness (QED) is 0.612. The van der Waals surface area contributed by atoms with Crippen LogP contribution in [0.1, 0.15) is 18.8 Å². The van der Waals surface area contributed by atoms with Crippen molar-refractivity contribution >= 4 is 34.1 Å². The minimum Gasteiger partial charge on any atom is -0.345 e. The Labute approximate surface area is 149 Å². The van der Waals surface area contributed by atoms with Gasteiger partial charge < -0.3 is 9.88 Å². The molecule has 0 aliphatic heterocycles. The predicted molar refractivity (Wildman–Crippen MR) is 96.5 cm³/mol. The molecule has 25 heavy (non-hydrogen) atoms. The van der Waals surface area contributed by atoms with E-state index in [-0.39, 0.29) is 18.5 Å². The summed E-state index contributed by atoms with van der Waals surface area (Å²) in [6, 6.07) is 13.0. The van der Waals surface area contributed by atoms with E-state index in [1.54, 1.807) is 0 Å². The molecule has 6 nitrogen and oxygen atoms in total. The molecule has 0 saturated carbocycles. The Kier molecular flexibility index (Phi) is 3.89. The molecule has 1 N–H and O–H groups in total. The molecule has 4 rings (SSSR count). The number of hydrogen-bond acceptors (Lipinski definition) is 3. The minimum absolute atomic E-state index is 0.0994. The summed E-state index contributed by atoms with van der Waals surface area (Å²) in [4.78, 5) is 12.5. The molecule has 4 aromatic rings. The third-order valence-electron chi connectivity index (χ3n) is 4.18. The number of aromatic nitrogens is 4. The molecule has 0 aliphatic carbocycles. The molecule has 0 radical (unpaired) electrons. The third kappa shape index (κ3) is 2.85. The number of carbonyl (C=O) groups is 1. The fourth-order valence-corrected chi connectivity index (χ4v) is 3.22. The largest absolute Gasteiger partial charge is 0.345 e. The Bertz CT molecular complexity index is 1070. The summed E-state index contributed by atoms with van der Waals surface area (Å²) in [6.07, 6.45) is 3.75. The molecule has 7 heteroatoms. The van der Waals surface area contributed by atoms with Crippen molar-refractivity contribution in [3.05, 3.63) is 65.7 Å². The molecular formula is C18H16ClN5O. The highest BCUT2D eigenvalue weighted by atomic mass is 35.5. The van der Waals surface area contributed by atoms with Gasteiger partial charge in [-0.2, -0.15) is 0 Å². The van der Waals surface area contributed by atoms with Crippen LogP contribution in [-0.4, -0.2) is 25.1 Å². The van der Waals surface area contributed by atoms with Gasteiger partial charge in [-0.1, -0.05) is 23.7 Å². The highest BCUT2D eigenvalue weighted by Crippen LogP contribution is 2.24. The maximum Gasteiger partial charge on any atom is 0.240 e. The SMILES string of the molecule is CC(NC(=O)Cn1ccc2c(Cl)cccc21)c1nnc2ccccn12. The van der Waals surface area contributed by atoms with Gasteiger partial charge in [0.05, 0.1) is 6.04 Å². The molecule has 0 saturated heterocycles. The first-order valence-corrected chi connectivity index (χ1v) is 8.33. The van der Waals surface area contributed by atoms with Gasteiger partial charge in [0.15, 0.2) is 11.5 Å². The number of nitrogens with zero attached hydrogens (tertiary/aromatic N) is 4. The summed E-state index contributed by atoms with van der Waals surface area (Å²) in [5, 5.41) is 12.9. The van der Waals surface area contributed by atoms with E-state index in [0.29, 0.717) is 10.8 Å². The Morgan fingerprint density at radius 1 is 1.16 bits per heavy atom. The first kappa shape index (κ1) is 15.7. The predicted octanol–water partition coefficient (Wildman–Crippen LogP) is 3.21. The lowest BCUT2D eigenvalue weighted by atomic mass is 10.2. The van der Waals surface area contributed by atoms with E-state index in [1.807, 2.05) is 70.7 Å². The number of fused-ring (bicyclic) bond motifs is 2. The van der Waals surface area contributed by atoms with E-state index >= 15 is 0 Å². The van der Waals surface area contributed by atoms with Crippen molar-refractivity contribution in [2.75, 3.05) is 0 Å². The lowest BCUT2D eigenvalue weighted by Gasteiger charge is -2.13. The summed E-state index contributed by atoms with van der Waals surface area (Å²) in [6.45, 7) is 2.11. The van der Waals surface area contributed by atoms with Crippen LogP contribution >= 0.6 is 11.6 Å². The van der Waals surface area contributed by atoms with Gasteiger partial charge in [0, 0.05) is 28.3 Å². The van der Waals surface area contributed by atoms with E-state index in [0.717, 1.165) is 16.6 Å². The Morgan fingerprint density at radius 3 is 2.92 bits per heavy atom. The zero-order chi connectivity index (χ0) is 17.4. The second kappa shape index (κ2) is 6.22. The molecule has 1 amide bonds. The average Bonchev–Trinajstić information content (AvgIpc) is 3.20. The normalized spacial score (nSPS) is 12.6. The molecule has 0 bridgehead atoms. The fraction of sp³-hybridized carbons (Fsp3) is 0.167. The van der Waals surface area contributed by atoms with Gasteiger partial charge in [0.1, 0.15) is 6.54 Å². The summed E-state index contributed by atoms with van der Waals surface area (Å²) < 4.78 is 3.75. The second-order valence-corrected chi connectivity index (χ2v) is 6.30. The first-order chi connectivity index (χ1) is 12.1. The van der Waals surface area contributed by atoms with Crippen LogP contribution < -0.4 is 5.32 Å². The van der Waals surface area contributed by atoms with Gasteiger partial charge in [0.2, 0.25) is 5.91 Å². The standard InChI is InChI=1S/C18H16ClN5O/c1-12(18-22-21-16-7-2-3-9-24(16)18)20-17(25)11-23-10-8-13-14(19)5-4-6-15(13)23/h2-10,12H,11H2,1H3,(H,20,25). The van der Waals surface area contributed by atoms with Crippen molar-refractivity contribution in [3.63, 3.8) is 0 Å². The van der Waals surface area contributed by atoms with Crippen molar-refractivity contribution in [2.24, 2.45) is 0 Å². The molecule has 3 aromatic heterocycles. The number of halogens is 1. The fourth-order valence-electron chi connectivity index (χ4n) is 2.99. The van der Waals surface area contributed by atoms with Crippen LogP contribution in [0.25, 0.3) is 16.6 Å². The number of hydrogen-bond donors (Lipinski definition) is 1. The molecule has 1 aromatic carbocycles. The van der Waals surface area contributed by atoms with Crippen molar-refractivity contribution in [2.45, 2.75) is 19.5 Å². The maximum atomic E-state index is 12.5. The van der Waals surface area contributed by atoms with Gasteiger partial charge in [-0.3, -0.25) is 9.20 Å². The number of pyridine rings is 1. The van der Waals surface area contributed by atoms with Crippen molar-refractivity contribution in [1.82, 2.24) is 24.5 Å². The molecule has 1 unspecified atom stereocenters. The number of rotatable bonds is 4.